The molecule has 0 saturated heterocycles. The van der Waals surface area contributed by atoms with E-state index in [1.807, 2.05) is 0 Å². The molecule has 1 aromatic heterocycles. The Morgan fingerprint density at radius 3 is 2.23 bits per heavy atom. The zero-order valence-electron chi connectivity index (χ0n) is 6.41. The van der Waals surface area contributed by atoms with Crippen LogP contribution in [0.1, 0.15) is 0 Å². The molecule has 0 aliphatic rings. The summed E-state index contributed by atoms with van der Waals surface area (Å²) in [6.07, 6.45) is -1.55. The second-order valence-electron chi connectivity index (χ2n) is 2.09. The number of hydrogen-bond donors (Lipinski definition) is 0. The molecule has 13 heavy (non-hydrogen) atoms. The van der Waals surface area contributed by atoms with Crippen LogP contribution in [-0.4, -0.2) is 17.8 Å². The van der Waals surface area contributed by atoms with Crippen molar-refractivity contribution in [3.05, 3.63) is 24.5 Å². The van der Waals surface area contributed by atoms with Gasteiger partial charge in [0, 0.05) is 12.4 Å². The first-order chi connectivity index (χ1) is 5.58. The zero-order valence-corrected chi connectivity index (χ0v) is 7.23. The number of ether oxygens (including phenoxy) is 1. The van der Waals surface area contributed by atoms with Crippen LogP contribution in [0.15, 0.2) is 24.5 Å². The molecule has 0 aliphatic heterocycles. The minimum absolute atomic E-state index is 0. The molecule has 2 nitrogen and oxygen atoms in total. The Labute approximate surface area is 79.1 Å². The van der Waals surface area contributed by atoms with E-state index in [0.717, 1.165) is 0 Å². The van der Waals surface area contributed by atoms with E-state index in [0.29, 0.717) is 0 Å². The Hall–Kier alpha value is -0.970. The quantitative estimate of drug-likeness (QED) is 0.753. The summed E-state index contributed by atoms with van der Waals surface area (Å²) in [5.74, 6) is 0.169. The van der Waals surface area contributed by atoms with Gasteiger partial charge < -0.3 is 4.74 Å². The molecule has 0 bridgehead atoms. The molecule has 0 fully saturated rings. The normalized spacial score (nSPS) is 10.4. The van der Waals surface area contributed by atoms with Crippen LogP contribution in [0.4, 0.5) is 13.2 Å². The highest BCUT2D eigenvalue weighted by Gasteiger charge is 2.28. The first-order valence-corrected chi connectivity index (χ1v) is 3.17. The first-order valence-electron chi connectivity index (χ1n) is 3.17. The lowest BCUT2D eigenvalue weighted by Crippen LogP contribution is -2.19. The van der Waals surface area contributed by atoms with Gasteiger partial charge in [-0.2, -0.15) is 13.2 Å². The number of alkyl halides is 3. The predicted octanol–water partition coefficient (Wildman–Crippen LogP) is 2.44. The lowest BCUT2D eigenvalue weighted by atomic mass is 10.4. The maximum absolute atomic E-state index is 11.6. The van der Waals surface area contributed by atoms with Crippen LogP contribution < -0.4 is 4.74 Å². The number of pyridine rings is 1. The van der Waals surface area contributed by atoms with Gasteiger partial charge in [-0.05, 0) is 12.1 Å². The van der Waals surface area contributed by atoms with Crippen molar-refractivity contribution in [3.8, 4) is 5.75 Å². The summed E-state index contributed by atoms with van der Waals surface area (Å²) < 4.78 is 39.2. The average Bonchev–Trinajstić information content (AvgIpc) is 2.02. The van der Waals surface area contributed by atoms with E-state index in [4.69, 9.17) is 0 Å². The Balaban J connectivity index is 0.00000144. The summed E-state index contributed by atoms with van der Waals surface area (Å²) in [6, 6.07) is 2.73. The van der Waals surface area contributed by atoms with Crippen LogP contribution in [0.2, 0.25) is 0 Å². The molecular weight excluding hydrogens is 207 g/mol. The lowest BCUT2D eigenvalue weighted by Gasteiger charge is -2.07. The molecule has 74 valence electrons. The molecule has 0 saturated carbocycles. The third kappa shape index (κ3) is 5.30. The Kier molecular flexibility index (Phi) is 4.55. The summed E-state index contributed by atoms with van der Waals surface area (Å²) in [7, 11) is 0. The largest absolute Gasteiger partial charge is 0.484 e. The van der Waals surface area contributed by atoms with Crippen LogP contribution in [0.5, 0.6) is 5.75 Å². The first kappa shape index (κ1) is 12.0. The van der Waals surface area contributed by atoms with Crippen molar-refractivity contribution in [1.29, 1.82) is 0 Å². The minimum Gasteiger partial charge on any atom is -0.484 e. The van der Waals surface area contributed by atoms with Gasteiger partial charge in [0.15, 0.2) is 6.61 Å². The minimum atomic E-state index is -4.29. The van der Waals surface area contributed by atoms with Gasteiger partial charge in [0.05, 0.1) is 0 Å². The van der Waals surface area contributed by atoms with Crippen LogP contribution in [0, 0.1) is 0 Å². The summed E-state index contributed by atoms with van der Waals surface area (Å²) in [6.45, 7) is -1.27. The molecular formula is C7H7ClF3NO. The molecule has 0 aromatic carbocycles. The zero-order chi connectivity index (χ0) is 9.03. The highest BCUT2D eigenvalue weighted by molar-refractivity contribution is 5.85. The molecule has 1 aromatic rings. The summed E-state index contributed by atoms with van der Waals surface area (Å²) in [4.78, 5) is 3.63. The molecule has 1 heterocycles. The van der Waals surface area contributed by atoms with E-state index in [1.54, 1.807) is 0 Å². The fraction of sp³-hybridized carbons (Fsp3) is 0.286. The maximum Gasteiger partial charge on any atom is 0.422 e. The smallest absolute Gasteiger partial charge is 0.422 e. The molecule has 0 spiro atoms. The van der Waals surface area contributed by atoms with Gasteiger partial charge in [0.1, 0.15) is 5.75 Å². The number of rotatable bonds is 2. The van der Waals surface area contributed by atoms with E-state index >= 15 is 0 Å². The summed E-state index contributed by atoms with van der Waals surface area (Å²) in [5.41, 5.74) is 0. The summed E-state index contributed by atoms with van der Waals surface area (Å²) in [5, 5.41) is 0. The molecule has 0 unspecified atom stereocenters. The third-order valence-corrected chi connectivity index (χ3v) is 1.05. The molecule has 6 heteroatoms. The standard InChI is InChI=1S/C7H6F3NO.ClH/c8-7(9,10)5-12-6-1-3-11-4-2-6;/h1-4H,5H2;1H. The SMILES string of the molecule is Cl.FC(F)(F)COc1ccncc1. The van der Waals surface area contributed by atoms with Gasteiger partial charge in [0.25, 0.3) is 0 Å². The molecule has 0 radical (unpaired) electrons. The van der Waals surface area contributed by atoms with E-state index in [2.05, 4.69) is 9.72 Å². The summed E-state index contributed by atoms with van der Waals surface area (Å²) >= 11 is 0. The Morgan fingerprint density at radius 1 is 1.23 bits per heavy atom. The average molecular weight is 214 g/mol. The molecule has 0 aliphatic carbocycles. The fourth-order valence-corrected chi connectivity index (χ4v) is 0.600. The third-order valence-electron chi connectivity index (χ3n) is 1.05. The van der Waals surface area contributed by atoms with E-state index in [-0.39, 0.29) is 18.2 Å². The highest BCUT2D eigenvalue weighted by atomic mass is 35.5. The Morgan fingerprint density at radius 2 is 1.77 bits per heavy atom. The van der Waals surface area contributed by atoms with Crippen molar-refractivity contribution in [1.82, 2.24) is 4.98 Å². The monoisotopic (exact) mass is 213 g/mol. The van der Waals surface area contributed by atoms with Crippen molar-refractivity contribution in [2.75, 3.05) is 6.61 Å². The van der Waals surface area contributed by atoms with Crippen LogP contribution >= 0.6 is 12.4 Å². The van der Waals surface area contributed by atoms with Gasteiger partial charge in [-0.3, -0.25) is 4.98 Å². The second-order valence-corrected chi connectivity index (χ2v) is 2.09. The van der Waals surface area contributed by atoms with Gasteiger partial charge in [-0.15, -0.1) is 12.4 Å². The van der Waals surface area contributed by atoms with Crippen molar-refractivity contribution >= 4 is 12.4 Å². The fourth-order valence-electron chi connectivity index (χ4n) is 0.600. The molecule has 0 atom stereocenters. The van der Waals surface area contributed by atoms with Crippen molar-refractivity contribution in [3.63, 3.8) is 0 Å². The number of nitrogens with zero attached hydrogens (tertiary/aromatic N) is 1. The van der Waals surface area contributed by atoms with Gasteiger partial charge in [-0.25, -0.2) is 0 Å². The predicted molar refractivity (Wildman–Crippen MR) is 43.0 cm³/mol. The number of hydrogen-bond acceptors (Lipinski definition) is 2. The van der Waals surface area contributed by atoms with Crippen molar-refractivity contribution < 1.29 is 17.9 Å². The van der Waals surface area contributed by atoms with Gasteiger partial charge >= 0.3 is 6.18 Å². The Bertz CT molecular complexity index is 239. The molecule has 1 rings (SSSR count). The van der Waals surface area contributed by atoms with Crippen LogP contribution in [0.3, 0.4) is 0 Å². The highest BCUT2D eigenvalue weighted by Crippen LogP contribution is 2.17. The molecule has 0 N–H and O–H groups in total. The van der Waals surface area contributed by atoms with E-state index in [9.17, 15) is 13.2 Å². The topological polar surface area (TPSA) is 22.1 Å². The van der Waals surface area contributed by atoms with Crippen molar-refractivity contribution in [2.45, 2.75) is 6.18 Å². The number of halogens is 4. The lowest BCUT2D eigenvalue weighted by molar-refractivity contribution is -0.153. The van der Waals surface area contributed by atoms with E-state index < -0.39 is 12.8 Å². The van der Waals surface area contributed by atoms with Crippen LogP contribution in [-0.2, 0) is 0 Å². The molecule has 0 amide bonds. The number of aromatic nitrogens is 1. The second kappa shape index (κ2) is 4.91. The van der Waals surface area contributed by atoms with E-state index in [1.165, 1.54) is 24.5 Å². The maximum atomic E-state index is 11.6. The van der Waals surface area contributed by atoms with Crippen molar-refractivity contribution in [2.24, 2.45) is 0 Å². The van der Waals surface area contributed by atoms with Crippen LogP contribution in [0.25, 0.3) is 0 Å². The van der Waals surface area contributed by atoms with Gasteiger partial charge in [-0.1, -0.05) is 0 Å². The van der Waals surface area contributed by atoms with Gasteiger partial charge in [0.2, 0.25) is 0 Å².